The molecule has 1 unspecified atom stereocenters. The van der Waals surface area contributed by atoms with Gasteiger partial charge in [-0.3, -0.25) is 10.2 Å². The zero-order chi connectivity index (χ0) is 25.8. The van der Waals surface area contributed by atoms with Crippen LogP contribution in [0.4, 0.5) is 11.5 Å². The Kier molecular flexibility index (Phi) is 10.6. The van der Waals surface area contributed by atoms with Gasteiger partial charge in [0.15, 0.2) is 0 Å². The number of allylic oxidation sites excluding steroid dienone is 1. The fourth-order valence-electron chi connectivity index (χ4n) is 3.56. The molecule has 6 N–H and O–H groups in total. The zero-order valence-corrected chi connectivity index (χ0v) is 20.5. The minimum atomic E-state index is 0.0454. The van der Waals surface area contributed by atoms with Crippen molar-refractivity contribution in [1.82, 2.24) is 19.9 Å². The quantitative estimate of drug-likeness (QED) is 0.196. The van der Waals surface area contributed by atoms with Gasteiger partial charge < -0.3 is 26.1 Å². The fourth-order valence-corrected chi connectivity index (χ4v) is 3.56. The molecule has 9 nitrogen and oxygen atoms in total. The molecule has 0 saturated carbocycles. The summed E-state index contributed by atoms with van der Waals surface area (Å²) < 4.78 is 5.05. The minimum absolute atomic E-state index is 0.0454. The van der Waals surface area contributed by atoms with Crippen LogP contribution in [0.5, 0.6) is 0 Å². The lowest BCUT2D eigenvalue weighted by atomic mass is 10.1. The van der Waals surface area contributed by atoms with Crippen molar-refractivity contribution < 1.29 is 9.53 Å². The van der Waals surface area contributed by atoms with Crippen molar-refractivity contribution in [2.24, 2.45) is 0 Å². The topological polar surface area (TPSA) is 147 Å². The number of aryl methyl sites for hydroxylation is 1. The van der Waals surface area contributed by atoms with Gasteiger partial charge in [-0.15, -0.1) is 0 Å². The summed E-state index contributed by atoms with van der Waals surface area (Å²) in [5.74, 6) is 6.76. The number of imidazole rings is 1. The summed E-state index contributed by atoms with van der Waals surface area (Å²) in [5, 5.41) is 8.03. The minimum Gasteiger partial charge on any atom is -0.398 e. The highest BCUT2D eigenvalue weighted by Crippen LogP contribution is 2.17. The van der Waals surface area contributed by atoms with Crippen molar-refractivity contribution >= 4 is 34.5 Å². The molecule has 184 valence electrons. The molecule has 1 aromatic carbocycles. The average molecular weight is 476 g/mol. The number of nitrogen functional groups attached to an aromatic ring is 2. The summed E-state index contributed by atoms with van der Waals surface area (Å²) in [7, 11) is 3.93. The maximum atomic E-state index is 9.06. The first-order chi connectivity index (χ1) is 16.8. The number of ether oxygens (including phenoxy) is 1. The second-order valence-electron chi connectivity index (χ2n) is 7.94. The van der Waals surface area contributed by atoms with E-state index in [0.29, 0.717) is 23.6 Å². The molecule has 35 heavy (non-hydrogen) atoms. The summed E-state index contributed by atoms with van der Waals surface area (Å²) >= 11 is 0. The van der Waals surface area contributed by atoms with E-state index in [1.165, 1.54) is 31.7 Å². The van der Waals surface area contributed by atoms with Gasteiger partial charge in [0.25, 0.3) is 0 Å². The third-order valence-corrected chi connectivity index (χ3v) is 5.32. The monoisotopic (exact) mass is 475 g/mol. The van der Waals surface area contributed by atoms with Crippen LogP contribution in [0.25, 0.3) is 11.0 Å². The van der Waals surface area contributed by atoms with Gasteiger partial charge in [0.05, 0.1) is 23.2 Å². The van der Waals surface area contributed by atoms with Gasteiger partial charge in [0.1, 0.15) is 23.6 Å². The molecule has 0 aliphatic carbocycles. The van der Waals surface area contributed by atoms with E-state index in [-0.39, 0.29) is 11.5 Å². The molecule has 4 rings (SSSR count). The number of aromatic amines is 1. The number of hydrogen-bond acceptors (Lipinski definition) is 8. The molecule has 1 atom stereocenters. The molecule has 0 bridgehead atoms. The van der Waals surface area contributed by atoms with Crippen LogP contribution in [0, 0.1) is 24.2 Å². The lowest BCUT2D eigenvalue weighted by Gasteiger charge is -2.17. The third-order valence-electron chi connectivity index (χ3n) is 5.32. The summed E-state index contributed by atoms with van der Waals surface area (Å²) in [6.45, 7) is 7.15. The second kappa shape index (κ2) is 13.6. The van der Waals surface area contributed by atoms with E-state index in [2.05, 4.69) is 45.3 Å². The number of anilines is 2. The number of H-pyrrole nitrogens is 1. The molecule has 9 heteroatoms. The van der Waals surface area contributed by atoms with Crippen LogP contribution in [0.3, 0.4) is 0 Å². The molecule has 0 radical (unpaired) electrons. The van der Waals surface area contributed by atoms with Crippen LogP contribution in [-0.2, 0) is 9.53 Å². The molecule has 3 heterocycles. The number of rotatable bonds is 4. The number of methoxy groups -OCH3 is 1. The summed E-state index contributed by atoms with van der Waals surface area (Å²) in [4.78, 5) is 22.8. The lowest BCUT2D eigenvalue weighted by Crippen LogP contribution is -2.28. The van der Waals surface area contributed by atoms with Gasteiger partial charge in [-0.1, -0.05) is 12.5 Å². The number of likely N-dealkylation sites (tertiary alicyclic amines) is 1. The Morgan fingerprint density at radius 2 is 2.14 bits per heavy atom. The van der Waals surface area contributed by atoms with Crippen molar-refractivity contribution in [2.75, 3.05) is 38.8 Å². The molecule has 0 amide bonds. The van der Waals surface area contributed by atoms with Crippen molar-refractivity contribution in [2.45, 2.75) is 25.8 Å². The molecule has 2 aromatic heterocycles. The third kappa shape index (κ3) is 8.07. The maximum absolute atomic E-state index is 9.06. The van der Waals surface area contributed by atoms with E-state index in [4.69, 9.17) is 26.4 Å². The molecule has 1 aliphatic heterocycles. The largest absolute Gasteiger partial charge is 0.398 e. The molecule has 1 aliphatic rings. The molecular weight excluding hydrogens is 442 g/mol. The SMILES string of the molecule is C=CC=O.COCC1CCCN1C.Cc1nc2ccc(C#CC(=N)c3c(N)ccnc3N)cc2[nH]1. The molecule has 3 aromatic rings. The van der Waals surface area contributed by atoms with Crippen molar-refractivity contribution in [3.05, 3.63) is 60.1 Å². The number of nitrogens with one attached hydrogen (secondary N) is 2. The number of nitrogens with zero attached hydrogens (tertiary/aromatic N) is 3. The summed E-state index contributed by atoms with van der Waals surface area (Å²) in [6.07, 6.45) is 5.98. The van der Waals surface area contributed by atoms with E-state index in [0.717, 1.165) is 29.0 Å². The Morgan fingerprint density at radius 1 is 1.40 bits per heavy atom. The first-order valence-corrected chi connectivity index (χ1v) is 11.1. The molecule has 0 spiro atoms. The number of likely N-dealkylation sites (N-methyl/N-ethyl adjacent to an activating group) is 1. The van der Waals surface area contributed by atoms with Gasteiger partial charge >= 0.3 is 0 Å². The number of carbonyl (C=O) groups excluding carboxylic acids is 1. The van der Waals surface area contributed by atoms with E-state index in [1.807, 2.05) is 25.1 Å². The summed E-state index contributed by atoms with van der Waals surface area (Å²) in [5.41, 5.74) is 15.0. The molecular formula is C26H33N7O2. The van der Waals surface area contributed by atoms with Crippen LogP contribution in [0.15, 0.2) is 43.1 Å². The van der Waals surface area contributed by atoms with Gasteiger partial charge in [0, 0.05) is 30.6 Å². The first kappa shape index (κ1) is 27.2. The van der Waals surface area contributed by atoms with Gasteiger partial charge in [-0.2, -0.15) is 0 Å². The lowest BCUT2D eigenvalue weighted by molar-refractivity contribution is -0.104. The van der Waals surface area contributed by atoms with Gasteiger partial charge in [-0.05, 0) is 69.6 Å². The van der Waals surface area contributed by atoms with E-state index in [9.17, 15) is 0 Å². The Morgan fingerprint density at radius 3 is 2.74 bits per heavy atom. The number of hydrogen-bond donors (Lipinski definition) is 4. The van der Waals surface area contributed by atoms with E-state index in [1.54, 1.807) is 13.2 Å². The van der Waals surface area contributed by atoms with E-state index >= 15 is 0 Å². The fraction of sp³-hybridized carbons (Fsp3) is 0.308. The standard InChI is InChI=1S/C16H14N6.C7H15NO.C3H4O/c1-9-21-13-5-3-10(8-14(13)22-9)2-4-11(17)15-12(18)6-7-20-16(15)19;1-8-5-3-4-7(8)6-9-2;1-2-3-4/h3,5-8,17H,1H3,(H,21,22)(H4,18,19,20);7H,3-6H2,1-2H3;2-3H,1H2. The number of carbonyl (C=O) groups is 1. The number of aromatic nitrogens is 3. The average Bonchev–Trinajstić information content (AvgIpc) is 3.42. The van der Waals surface area contributed by atoms with Crippen LogP contribution in [0.2, 0.25) is 0 Å². The Labute approximate surface area is 206 Å². The van der Waals surface area contributed by atoms with E-state index < -0.39 is 0 Å². The smallest absolute Gasteiger partial charge is 0.142 e. The highest BCUT2D eigenvalue weighted by molar-refractivity contribution is 6.16. The number of fused-ring (bicyclic) bond motifs is 1. The highest BCUT2D eigenvalue weighted by atomic mass is 16.5. The maximum Gasteiger partial charge on any atom is 0.142 e. The highest BCUT2D eigenvalue weighted by Gasteiger charge is 2.19. The Hall–Kier alpha value is -4.00. The Balaban J connectivity index is 0.000000275. The first-order valence-electron chi connectivity index (χ1n) is 11.1. The molecule has 1 saturated heterocycles. The van der Waals surface area contributed by atoms with Gasteiger partial charge in [-0.25, -0.2) is 9.97 Å². The van der Waals surface area contributed by atoms with Gasteiger partial charge in [0.2, 0.25) is 0 Å². The van der Waals surface area contributed by atoms with Crippen molar-refractivity contribution in [3.63, 3.8) is 0 Å². The predicted octanol–water partition coefficient (Wildman–Crippen LogP) is 2.95. The normalized spacial score (nSPS) is 14.5. The van der Waals surface area contributed by atoms with Crippen molar-refractivity contribution in [1.29, 1.82) is 5.41 Å². The Bertz CT molecular complexity index is 1200. The molecule has 1 fully saturated rings. The second-order valence-corrected chi connectivity index (χ2v) is 7.94. The number of nitrogens with two attached hydrogens (primary N) is 2. The van der Waals surface area contributed by atoms with Crippen molar-refractivity contribution in [3.8, 4) is 11.8 Å². The van der Waals surface area contributed by atoms with Crippen LogP contribution >= 0.6 is 0 Å². The zero-order valence-electron chi connectivity index (χ0n) is 20.5. The number of aldehydes is 1. The van der Waals surface area contributed by atoms with Crippen LogP contribution in [-0.4, -0.2) is 65.2 Å². The number of benzene rings is 1. The number of pyridine rings is 1. The summed E-state index contributed by atoms with van der Waals surface area (Å²) in [6, 6.07) is 7.93. The predicted molar refractivity (Wildman–Crippen MR) is 141 cm³/mol. The van der Waals surface area contributed by atoms with Crippen LogP contribution in [0.1, 0.15) is 29.8 Å². The van der Waals surface area contributed by atoms with Crippen LogP contribution < -0.4 is 11.5 Å².